The summed E-state index contributed by atoms with van der Waals surface area (Å²) in [4.78, 5) is 47.0. The Morgan fingerprint density at radius 1 is 1.55 bits per heavy atom. The number of carbonyl (C=O) groups excluding carboxylic acids is 2. The van der Waals surface area contributed by atoms with Crippen LogP contribution in [-0.4, -0.2) is 69.0 Å². The van der Waals surface area contributed by atoms with Gasteiger partial charge in [-0.3, -0.25) is 14.5 Å². The molecule has 0 bridgehead atoms. The molecule has 4 N–H and O–H groups in total. The number of nitrogens with zero attached hydrogens (tertiary/aromatic N) is 3. The molecule has 10 nitrogen and oxygen atoms in total. The third-order valence-electron chi connectivity index (χ3n) is 4.05. The standard InChI is InChI=1S/C16H17N5O5S3/c1-26-20-9(8-6-29-16(17)18-8)12(22)19-10-13(23)21-11(15(24)25)7(3-4-27-2)5-28-14(10)21/h3-4,6,10,14H,5H2,1-2H3,(H2,17,18)(H,19,22)(H,24,25). The average Bonchev–Trinajstić information content (AvgIpc) is 3.13. The van der Waals surface area contributed by atoms with Crippen LogP contribution in [0.2, 0.25) is 0 Å². The van der Waals surface area contributed by atoms with Crippen molar-refractivity contribution in [2.24, 2.45) is 5.16 Å². The Morgan fingerprint density at radius 2 is 2.31 bits per heavy atom. The molecule has 154 valence electrons. The minimum absolute atomic E-state index is 0.0624. The number of hydrogen-bond acceptors (Lipinski definition) is 10. The predicted octanol–water partition coefficient (Wildman–Crippen LogP) is 0.691. The van der Waals surface area contributed by atoms with Gasteiger partial charge in [0.05, 0.1) is 0 Å². The number of anilines is 1. The molecule has 2 aliphatic heterocycles. The van der Waals surface area contributed by atoms with E-state index in [9.17, 15) is 19.5 Å². The number of amides is 2. The second kappa shape index (κ2) is 8.88. The van der Waals surface area contributed by atoms with Crippen molar-refractivity contribution in [1.29, 1.82) is 0 Å². The molecule has 2 amide bonds. The number of aliphatic carboxylic acids is 1. The number of carboxylic acid groups (broad SMARTS) is 1. The first-order valence-electron chi connectivity index (χ1n) is 8.12. The van der Waals surface area contributed by atoms with E-state index in [0.717, 1.165) is 11.3 Å². The Bertz CT molecular complexity index is 941. The first kappa shape index (κ1) is 21.2. The monoisotopic (exact) mass is 455 g/mol. The van der Waals surface area contributed by atoms with Crippen molar-refractivity contribution in [2.45, 2.75) is 11.4 Å². The number of carbonyl (C=O) groups is 3. The van der Waals surface area contributed by atoms with Crippen molar-refractivity contribution in [2.75, 3.05) is 24.9 Å². The van der Waals surface area contributed by atoms with Crippen LogP contribution in [0.1, 0.15) is 5.69 Å². The minimum atomic E-state index is -1.19. The number of β-lactam (4-membered cyclic amide) rings is 1. The Balaban J connectivity index is 1.80. The van der Waals surface area contributed by atoms with Crippen LogP contribution in [0, 0.1) is 0 Å². The molecule has 0 aromatic carbocycles. The zero-order valence-corrected chi connectivity index (χ0v) is 17.8. The van der Waals surface area contributed by atoms with E-state index >= 15 is 0 Å². The van der Waals surface area contributed by atoms with Crippen LogP contribution in [0.25, 0.3) is 0 Å². The molecule has 0 spiro atoms. The molecule has 2 atom stereocenters. The van der Waals surface area contributed by atoms with Gasteiger partial charge in [-0.15, -0.1) is 34.9 Å². The smallest absolute Gasteiger partial charge is 0.352 e. The van der Waals surface area contributed by atoms with Gasteiger partial charge in [-0.05, 0) is 23.3 Å². The Kier molecular flexibility index (Phi) is 6.49. The Hall–Kier alpha value is -2.51. The summed E-state index contributed by atoms with van der Waals surface area (Å²) in [6.45, 7) is 0. The third kappa shape index (κ3) is 4.11. The lowest BCUT2D eigenvalue weighted by atomic mass is 10.0. The minimum Gasteiger partial charge on any atom is -0.477 e. The topological polar surface area (TPSA) is 147 Å². The molecule has 0 saturated carbocycles. The van der Waals surface area contributed by atoms with Crippen molar-refractivity contribution in [1.82, 2.24) is 15.2 Å². The van der Waals surface area contributed by atoms with Crippen molar-refractivity contribution >= 4 is 63.5 Å². The summed E-state index contributed by atoms with van der Waals surface area (Å²) in [6.07, 6.45) is 3.54. The van der Waals surface area contributed by atoms with E-state index in [4.69, 9.17) is 10.6 Å². The number of thioether (sulfide) groups is 2. The van der Waals surface area contributed by atoms with E-state index in [1.54, 1.807) is 16.9 Å². The van der Waals surface area contributed by atoms with Crippen LogP contribution < -0.4 is 11.1 Å². The van der Waals surface area contributed by atoms with Gasteiger partial charge in [0.15, 0.2) is 10.8 Å². The van der Waals surface area contributed by atoms with Gasteiger partial charge in [-0.1, -0.05) is 5.16 Å². The van der Waals surface area contributed by atoms with Gasteiger partial charge >= 0.3 is 5.97 Å². The molecular formula is C16H17N5O5S3. The molecule has 3 rings (SSSR count). The SMILES string of the molecule is CON=C(C(=O)NC1C(=O)N2C(C(=O)O)=C(C=CSC)CSC12)c1csc(N)n1. The van der Waals surface area contributed by atoms with E-state index in [1.807, 2.05) is 6.26 Å². The van der Waals surface area contributed by atoms with E-state index in [0.29, 0.717) is 11.3 Å². The molecule has 1 aromatic heterocycles. The maximum atomic E-state index is 12.7. The van der Waals surface area contributed by atoms with Crippen molar-refractivity contribution < 1.29 is 24.3 Å². The number of nitrogen functional groups attached to an aromatic ring is 1. The van der Waals surface area contributed by atoms with Crippen LogP contribution in [0.3, 0.4) is 0 Å². The lowest BCUT2D eigenvalue weighted by molar-refractivity contribution is -0.150. The van der Waals surface area contributed by atoms with Crippen molar-refractivity contribution in [3.63, 3.8) is 0 Å². The molecule has 0 aliphatic carbocycles. The highest BCUT2D eigenvalue weighted by Crippen LogP contribution is 2.40. The highest BCUT2D eigenvalue weighted by Gasteiger charge is 2.54. The summed E-state index contributed by atoms with van der Waals surface area (Å²) in [7, 11) is 1.28. The molecule has 29 heavy (non-hydrogen) atoms. The molecule has 1 saturated heterocycles. The number of nitrogens with two attached hydrogens (primary N) is 1. The number of thiazole rings is 1. The summed E-state index contributed by atoms with van der Waals surface area (Å²) in [5.41, 5.74) is 6.19. The number of nitrogens with one attached hydrogen (secondary N) is 1. The Morgan fingerprint density at radius 3 is 2.90 bits per heavy atom. The molecule has 2 unspecified atom stereocenters. The lowest BCUT2D eigenvalue weighted by Gasteiger charge is -2.49. The van der Waals surface area contributed by atoms with Gasteiger partial charge in [-0.2, -0.15) is 0 Å². The molecular weight excluding hydrogens is 438 g/mol. The van der Waals surface area contributed by atoms with Crippen molar-refractivity contribution in [3.8, 4) is 0 Å². The molecule has 3 heterocycles. The number of oxime groups is 1. The van der Waals surface area contributed by atoms with E-state index in [2.05, 4.69) is 15.5 Å². The second-order valence-electron chi connectivity index (χ2n) is 5.77. The van der Waals surface area contributed by atoms with Gasteiger partial charge in [-0.25, -0.2) is 9.78 Å². The van der Waals surface area contributed by atoms with Gasteiger partial charge in [0.1, 0.15) is 29.9 Å². The van der Waals surface area contributed by atoms with Crippen LogP contribution >= 0.6 is 34.9 Å². The second-order valence-corrected chi connectivity index (χ2v) is 8.51. The molecule has 2 aliphatic rings. The fourth-order valence-electron chi connectivity index (χ4n) is 2.82. The fraction of sp³-hybridized carbons (Fsp3) is 0.312. The van der Waals surface area contributed by atoms with Gasteiger partial charge < -0.3 is 21.0 Å². The number of rotatable bonds is 7. The summed E-state index contributed by atoms with van der Waals surface area (Å²) >= 11 is 3.94. The van der Waals surface area contributed by atoms with Crippen LogP contribution in [0.5, 0.6) is 0 Å². The fourth-order valence-corrected chi connectivity index (χ4v) is 4.99. The van der Waals surface area contributed by atoms with Crippen LogP contribution in [0.4, 0.5) is 5.13 Å². The molecule has 1 aromatic rings. The highest BCUT2D eigenvalue weighted by atomic mass is 32.2. The maximum absolute atomic E-state index is 12.7. The summed E-state index contributed by atoms with van der Waals surface area (Å²) < 4.78 is 0. The van der Waals surface area contributed by atoms with Crippen molar-refractivity contribution in [3.05, 3.63) is 33.8 Å². The van der Waals surface area contributed by atoms with E-state index in [1.165, 1.54) is 35.5 Å². The van der Waals surface area contributed by atoms with Gasteiger partial charge in [0.2, 0.25) is 0 Å². The zero-order valence-electron chi connectivity index (χ0n) is 15.3. The summed E-state index contributed by atoms with van der Waals surface area (Å²) in [5.74, 6) is -1.95. The quantitative estimate of drug-likeness (QED) is 0.307. The normalized spacial score (nSPS) is 21.8. The molecule has 0 radical (unpaired) electrons. The maximum Gasteiger partial charge on any atom is 0.352 e. The van der Waals surface area contributed by atoms with E-state index in [-0.39, 0.29) is 22.2 Å². The molecule has 13 heteroatoms. The third-order valence-corrected chi connectivity index (χ3v) is 6.44. The number of hydrogen-bond donors (Lipinski definition) is 3. The largest absolute Gasteiger partial charge is 0.477 e. The van der Waals surface area contributed by atoms with Crippen LogP contribution in [0.15, 0.2) is 33.3 Å². The number of carboxylic acids is 1. The number of aromatic nitrogens is 1. The van der Waals surface area contributed by atoms with Gasteiger partial charge in [0.25, 0.3) is 11.8 Å². The molecule has 1 fully saturated rings. The highest BCUT2D eigenvalue weighted by molar-refractivity contribution is 8.01. The van der Waals surface area contributed by atoms with Crippen LogP contribution in [-0.2, 0) is 19.2 Å². The number of allylic oxidation sites excluding steroid dienone is 1. The number of fused-ring (bicyclic) bond motifs is 1. The summed E-state index contributed by atoms with van der Waals surface area (Å²) in [6, 6.07) is -0.883. The van der Waals surface area contributed by atoms with Gasteiger partial charge in [0, 0.05) is 11.1 Å². The zero-order chi connectivity index (χ0) is 21.1. The first-order chi connectivity index (χ1) is 13.9. The average molecular weight is 456 g/mol. The Labute approximate surface area is 178 Å². The first-order valence-corrected chi connectivity index (χ1v) is 11.3. The summed E-state index contributed by atoms with van der Waals surface area (Å²) in [5, 5.41) is 18.9. The lowest BCUT2D eigenvalue weighted by Crippen LogP contribution is -2.71. The van der Waals surface area contributed by atoms with E-state index < -0.39 is 29.2 Å². The predicted molar refractivity (Wildman–Crippen MR) is 112 cm³/mol.